The van der Waals surface area contributed by atoms with Gasteiger partial charge in [-0.25, -0.2) is 0 Å². The van der Waals surface area contributed by atoms with Crippen LogP contribution in [0.1, 0.15) is 63.9 Å². The first-order chi connectivity index (χ1) is 14.3. The predicted octanol–water partition coefficient (Wildman–Crippen LogP) is 4.00. The van der Waals surface area contributed by atoms with Gasteiger partial charge >= 0.3 is 0 Å². The molecule has 1 N–H and O–H groups in total. The van der Waals surface area contributed by atoms with E-state index in [9.17, 15) is 19.6 Å². The highest BCUT2D eigenvalue weighted by Gasteiger charge is 2.44. The number of rotatable bonds is 4. The minimum atomic E-state index is -0.956. The number of thiophene rings is 1. The summed E-state index contributed by atoms with van der Waals surface area (Å²) in [7, 11) is 0. The van der Waals surface area contributed by atoms with Crippen molar-refractivity contribution in [1.82, 2.24) is 4.90 Å². The van der Waals surface area contributed by atoms with Crippen LogP contribution in [-0.2, 0) is 17.6 Å². The molecule has 0 radical (unpaired) electrons. The smallest absolute Gasteiger partial charge is 0.262 e. The molecule has 2 atom stereocenters. The van der Waals surface area contributed by atoms with Gasteiger partial charge in [0.15, 0.2) is 0 Å². The van der Waals surface area contributed by atoms with Crippen molar-refractivity contribution >= 4 is 34.1 Å². The maximum Gasteiger partial charge on any atom is 0.262 e. The van der Waals surface area contributed by atoms with Crippen LogP contribution in [0.25, 0.3) is 0 Å². The fraction of sp³-hybridized carbons (Fsp3) is 0.391. The summed E-state index contributed by atoms with van der Waals surface area (Å²) in [5, 5.41) is 13.1. The largest absolute Gasteiger partial charge is 0.315 e. The highest BCUT2D eigenvalue weighted by Crippen LogP contribution is 2.39. The first-order valence-corrected chi connectivity index (χ1v) is 11.0. The Kier molecular flexibility index (Phi) is 5.20. The number of carbonyl (C=O) groups excluding carboxylic acids is 3. The topological polar surface area (TPSA) is 90.3 Å². The van der Waals surface area contributed by atoms with Crippen LogP contribution in [-0.4, -0.2) is 28.7 Å². The number of amides is 3. The monoisotopic (exact) mass is 421 g/mol. The maximum atomic E-state index is 13.3. The molecule has 6 nitrogen and oxygen atoms in total. The number of benzene rings is 1. The van der Waals surface area contributed by atoms with Crippen molar-refractivity contribution in [2.45, 2.75) is 46.1 Å². The number of imide groups is 1. The Morgan fingerprint density at radius 3 is 2.43 bits per heavy atom. The molecule has 0 spiro atoms. The average molecular weight is 422 g/mol. The first-order valence-electron chi connectivity index (χ1n) is 10.2. The normalized spacial score (nSPS) is 18.8. The predicted molar refractivity (Wildman–Crippen MR) is 114 cm³/mol. The summed E-state index contributed by atoms with van der Waals surface area (Å²) in [5.74, 6) is -1.09. The summed E-state index contributed by atoms with van der Waals surface area (Å²) in [6.07, 6.45) is 2.75. The summed E-state index contributed by atoms with van der Waals surface area (Å²) >= 11 is 1.44. The number of anilines is 1. The van der Waals surface area contributed by atoms with Gasteiger partial charge < -0.3 is 5.32 Å². The van der Waals surface area contributed by atoms with E-state index in [-0.39, 0.29) is 5.92 Å². The van der Waals surface area contributed by atoms with Gasteiger partial charge in [-0.3, -0.25) is 19.3 Å². The lowest BCUT2D eigenvalue weighted by molar-refractivity contribution is -0.121. The van der Waals surface area contributed by atoms with Crippen molar-refractivity contribution in [3.63, 3.8) is 0 Å². The zero-order chi connectivity index (χ0) is 21.6. The van der Waals surface area contributed by atoms with E-state index in [4.69, 9.17) is 0 Å². The number of nitrogens with zero attached hydrogens (tertiary/aromatic N) is 2. The summed E-state index contributed by atoms with van der Waals surface area (Å²) in [5.41, 5.74) is 2.18. The SMILES string of the molecule is CC(C)[C@H](C(=O)Nc1sc2c(c1C#N)CC[C@H](C)C2)N1C(=O)c2ccccc2C1=O. The summed E-state index contributed by atoms with van der Waals surface area (Å²) in [6, 6.07) is 7.90. The minimum absolute atomic E-state index is 0.285. The fourth-order valence-corrected chi connectivity index (χ4v) is 5.69. The molecule has 4 rings (SSSR count). The molecule has 3 amide bonds. The molecule has 0 unspecified atom stereocenters. The van der Waals surface area contributed by atoms with E-state index >= 15 is 0 Å². The van der Waals surface area contributed by atoms with Crippen molar-refractivity contribution in [1.29, 1.82) is 5.26 Å². The molecule has 2 aromatic rings. The molecular formula is C23H23N3O3S. The van der Waals surface area contributed by atoms with Crippen LogP contribution >= 0.6 is 11.3 Å². The van der Waals surface area contributed by atoms with E-state index in [2.05, 4.69) is 18.3 Å². The highest BCUT2D eigenvalue weighted by atomic mass is 32.1. The zero-order valence-corrected chi connectivity index (χ0v) is 18.0. The van der Waals surface area contributed by atoms with Gasteiger partial charge in [-0.1, -0.05) is 32.9 Å². The van der Waals surface area contributed by atoms with E-state index in [1.165, 1.54) is 11.3 Å². The lowest BCUT2D eigenvalue weighted by Gasteiger charge is -2.28. The van der Waals surface area contributed by atoms with E-state index in [0.717, 1.165) is 34.6 Å². The van der Waals surface area contributed by atoms with Crippen LogP contribution in [0.5, 0.6) is 0 Å². The third-order valence-electron chi connectivity index (χ3n) is 5.86. The van der Waals surface area contributed by atoms with Crippen molar-refractivity contribution in [2.75, 3.05) is 5.32 Å². The van der Waals surface area contributed by atoms with Crippen LogP contribution < -0.4 is 5.32 Å². The van der Waals surface area contributed by atoms with Gasteiger partial charge in [0.25, 0.3) is 11.8 Å². The summed E-state index contributed by atoms with van der Waals surface area (Å²) in [6.45, 7) is 5.80. The zero-order valence-electron chi connectivity index (χ0n) is 17.2. The number of hydrogen-bond acceptors (Lipinski definition) is 5. The second kappa shape index (κ2) is 7.69. The number of hydrogen-bond donors (Lipinski definition) is 1. The summed E-state index contributed by atoms with van der Waals surface area (Å²) < 4.78 is 0. The van der Waals surface area contributed by atoms with E-state index in [1.807, 2.05) is 0 Å². The quantitative estimate of drug-likeness (QED) is 0.756. The van der Waals surface area contributed by atoms with E-state index in [0.29, 0.717) is 27.6 Å². The Labute approximate surface area is 179 Å². The molecule has 30 heavy (non-hydrogen) atoms. The Morgan fingerprint density at radius 2 is 1.87 bits per heavy atom. The Hall–Kier alpha value is -2.98. The van der Waals surface area contributed by atoms with Crippen LogP contribution in [0.15, 0.2) is 24.3 Å². The minimum Gasteiger partial charge on any atom is -0.315 e. The van der Waals surface area contributed by atoms with E-state index < -0.39 is 23.8 Å². The Balaban J connectivity index is 1.65. The van der Waals surface area contributed by atoms with Gasteiger partial charge in [0.05, 0.1) is 16.7 Å². The molecule has 2 heterocycles. The van der Waals surface area contributed by atoms with Gasteiger partial charge in [-0.15, -0.1) is 11.3 Å². The molecule has 1 aromatic carbocycles. The Bertz CT molecular complexity index is 1060. The molecule has 0 fully saturated rings. The molecule has 154 valence electrons. The van der Waals surface area contributed by atoms with Crippen LogP contribution in [0.2, 0.25) is 0 Å². The van der Waals surface area contributed by atoms with Crippen molar-refractivity contribution < 1.29 is 14.4 Å². The standard InChI is InChI=1S/C23H23N3O3S/c1-12(2)19(26-22(28)15-6-4-5-7-16(15)23(26)29)20(27)25-21-17(11-24)14-9-8-13(3)10-18(14)30-21/h4-7,12-13,19H,8-10H2,1-3H3,(H,25,27)/t13-,19+/m0/s1. The highest BCUT2D eigenvalue weighted by molar-refractivity contribution is 7.16. The summed E-state index contributed by atoms with van der Waals surface area (Å²) in [4.78, 5) is 41.3. The third-order valence-corrected chi connectivity index (χ3v) is 7.03. The number of carbonyl (C=O) groups is 3. The first kappa shape index (κ1) is 20.3. The van der Waals surface area contributed by atoms with Crippen molar-refractivity contribution in [3.8, 4) is 6.07 Å². The molecule has 2 aliphatic rings. The van der Waals surface area contributed by atoms with Gasteiger partial charge in [0.2, 0.25) is 5.91 Å². The number of fused-ring (bicyclic) bond motifs is 2. The third kappa shape index (κ3) is 3.21. The van der Waals surface area contributed by atoms with E-state index in [1.54, 1.807) is 38.1 Å². The molecule has 1 aromatic heterocycles. The molecule has 1 aliphatic heterocycles. The number of nitrogens with one attached hydrogen (secondary N) is 1. The fourth-order valence-electron chi connectivity index (χ4n) is 4.32. The second-order valence-electron chi connectivity index (χ2n) is 8.37. The molecule has 0 bridgehead atoms. The molecule has 7 heteroatoms. The second-order valence-corrected chi connectivity index (χ2v) is 9.48. The van der Waals surface area contributed by atoms with Gasteiger partial charge in [0, 0.05) is 4.88 Å². The van der Waals surface area contributed by atoms with Crippen molar-refractivity contribution in [2.24, 2.45) is 11.8 Å². The average Bonchev–Trinajstić information content (AvgIpc) is 3.17. The van der Waals surface area contributed by atoms with Crippen LogP contribution in [0.4, 0.5) is 5.00 Å². The van der Waals surface area contributed by atoms with Gasteiger partial charge in [-0.2, -0.15) is 5.26 Å². The van der Waals surface area contributed by atoms with Crippen LogP contribution in [0, 0.1) is 23.2 Å². The molecule has 1 aliphatic carbocycles. The van der Waals surface area contributed by atoms with Crippen LogP contribution in [0.3, 0.4) is 0 Å². The van der Waals surface area contributed by atoms with Gasteiger partial charge in [-0.05, 0) is 48.8 Å². The molecule has 0 saturated carbocycles. The van der Waals surface area contributed by atoms with Gasteiger partial charge in [0.1, 0.15) is 17.1 Å². The molecule has 0 saturated heterocycles. The lowest BCUT2D eigenvalue weighted by atomic mass is 9.88. The maximum absolute atomic E-state index is 13.3. The number of nitriles is 1. The molecular weight excluding hydrogens is 398 g/mol. The van der Waals surface area contributed by atoms with Crippen molar-refractivity contribution in [3.05, 3.63) is 51.4 Å². The Morgan fingerprint density at radius 1 is 1.23 bits per heavy atom. The lowest BCUT2D eigenvalue weighted by Crippen LogP contribution is -2.50.